The first-order chi connectivity index (χ1) is 10.0. The van der Waals surface area contributed by atoms with E-state index in [1.54, 1.807) is 24.3 Å². The first kappa shape index (κ1) is 15.9. The third-order valence-corrected chi connectivity index (χ3v) is 3.71. The highest BCUT2D eigenvalue weighted by molar-refractivity contribution is 9.10. The van der Waals surface area contributed by atoms with Crippen LogP contribution in [0.15, 0.2) is 40.9 Å². The average molecular weight is 357 g/mol. The van der Waals surface area contributed by atoms with Gasteiger partial charge in [-0.1, -0.05) is 22.0 Å². The molecular weight excluding hydrogens is 342 g/mol. The molecular formula is C15H15BrF2N2O. The monoisotopic (exact) mass is 356 g/mol. The fraction of sp³-hybridized carbons (Fsp3) is 0.200. The average Bonchev–Trinajstić information content (AvgIpc) is 2.48. The molecule has 2 aromatic carbocycles. The van der Waals surface area contributed by atoms with E-state index in [1.807, 2.05) is 0 Å². The van der Waals surface area contributed by atoms with Gasteiger partial charge in [-0.05, 0) is 36.2 Å². The van der Waals surface area contributed by atoms with E-state index in [0.717, 1.165) is 4.47 Å². The van der Waals surface area contributed by atoms with Crippen molar-refractivity contribution < 1.29 is 13.5 Å². The molecule has 0 heterocycles. The fourth-order valence-electron chi connectivity index (χ4n) is 2.10. The van der Waals surface area contributed by atoms with E-state index in [4.69, 9.17) is 10.6 Å². The van der Waals surface area contributed by atoms with E-state index in [0.29, 0.717) is 16.9 Å². The standard InChI is InChI=1S/C15H15BrF2N2O/c1-21-11-3-4-12(14(18)8-11)15(20-19)7-9-6-10(16)2-5-13(9)17/h2-6,8,15,20H,7,19H2,1H3. The summed E-state index contributed by atoms with van der Waals surface area (Å²) in [5.74, 6) is 5.11. The van der Waals surface area contributed by atoms with Gasteiger partial charge in [-0.3, -0.25) is 11.3 Å². The minimum Gasteiger partial charge on any atom is -0.497 e. The molecule has 21 heavy (non-hydrogen) atoms. The molecule has 6 heteroatoms. The summed E-state index contributed by atoms with van der Waals surface area (Å²) in [6.07, 6.45) is 0.227. The molecule has 1 unspecified atom stereocenters. The molecule has 112 valence electrons. The zero-order valence-electron chi connectivity index (χ0n) is 11.4. The Morgan fingerprint density at radius 1 is 1.19 bits per heavy atom. The van der Waals surface area contributed by atoms with E-state index in [-0.39, 0.29) is 12.2 Å². The van der Waals surface area contributed by atoms with Crippen LogP contribution in [-0.2, 0) is 6.42 Å². The van der Waals surface area contributed by atoms with Gasteiger partial charge >= 0.3 is 0 Å². The van der Waals surface area contributed by atoms with Crippen LogP contribution in [0.5, 0.6) is 5.75 Å². The maximum atomic E-state index is 14.1. The largest absolute Gasteiger partial charge is 0.497 e. The molecule has 0 aliphatic heterocycles. The Morgan fingerprint density at radius 2 is 1.95 bits per heavy atom. The number of halogens is 3. The van der Waals surface area contributed by atoms with Gasteiger partial charge in [0.1, 0.15) is 17.4 Å². The molecule has 3 N–H and O–H groups in total. The van der Waals surface area contributed by atoms with Gasteiger partial charge in [-0.2, -0.15) is 0 Å². The third-order valence-electron chi connectivity index (χ3n) is 3.22. The molecule has 0 fully saturated rings. The van der Waals surface area contributed by atoms with Crippen LogP contribution in [0.4, 0.5) is 8.78 Å². The quantitative estimate of drug-likeness (QED) is 0.636. The van der Waals surface area contributed by atoms with Crippen LogP contribution < -0.4 is 16.0 Å². The van der Waals surface area contributed by atoms with Gasteiger partial charge in [-0.15, -0.1) is 0 Å². The third kappa shape index (κ3) is 3.78. The number of rotatable bonds is 5. The van der Waals surface area contributed by atoms with Gasteiger partial charge in [0.15, 0.2) is 0 Å². The molecule has 2 aromatic rings. The molecule has 2 rings (SSSR count). The summed E-state index contributed by atoms with van der Waals surface area (Å²) in [5, 5.41) is 0. The topological polar surface area (TPSA) is 47.3 Å². The number of hydrogen-bond donors (Lipinski definition) is 2. The second kappa shape index (κ2) is 6.98. The Labute approximate surface area is 130 Å². The molecule has 0 radical (unpaired) electrons. The summed E-state index contributed by atoms with van der Waals surface area (Å²) in [5.41, 5.74) is 3.33. The Morgan fingerprint density at radius 3 is 2.57 bits per heavy atom. The molecule has 0 saturated heterocycles. The van der Waals surface area contributed by atoms with E-state index in [2.05, 4.69) is 21.4 Å². The zero-order chi connectivity index (χ0) is 15.4. The number of nitrogens with one attached hydrogen (secondary N) is 1. The van der Waals surface area contributed by atoms with Crippen LogP contribution in [0.1, 0.15) is 17.2 Å². The predicted molar refractivity (Wildman–Crippen MR) is 80.8 cm³/mol. The van der Waals surface area contributed by atoms with Crippen molar-refractivity contribution in [1.82, 2.24) is 5.43 Å². The molecule has 0 saturated carbocycles. The summed E-state index contributed by atoms with van der Waals surface area (Å²) < 4.78 is 33.6. The lowest BCUT2D eigenvalue weighted by Gasteiger charge is -2.18. The van der Waals surface area contributed by atoms with Crippen molar-refractivity contribution in [2.24, 2.45) is 5.84 Å². The number of methoxy groups -OCH3 is 1. The van der Waals surface area contributed by atoms with Crippen LogP contribution in [0, 0.1) is 11.6 Å². The minimum atomic E-state index is -0.542. The molecule has 0 aliphatic rings. The molecule has 1 atom stereocenters. The van der Waals surface area contributed by atoms with Crippen molar-refractivity contribution in [2.45, 2.75) is 12.5 Å². The molecule has 0 aliphatic carbocycles. The zero-order valence-corrected chi connectivity index (χ0v) is 13.0. The van der Waals surface area contributed by atoms with Crippen molar-refractivity contribution in [3.63, 3.8) is 0 Å². The van der Waals surface area contributed by atoms with Crippen LogP contribution in [-0.4, -0.2) is 7.11 Å². The summed E-state index contributed by atoms with van der Waals surface area (Å²) in [6, 6.07) is 8.57. The Bertz CT molecular complexity index is 637. The Balaban J connectivity index is 2.29. The highest BCUT2D eigenvalue weighted by Crippen LogP contribution is 2.26. The highest BCUT2D eigenvalue weighted by Gasteiger charge is 2.17. The van der Waals surface area contributed by atoms with E-state index in [9.17, 15) is 8.78 Å². The summed E-state index contributed by atoms with van der Waals surface area (Å²) in [7, 11) is 1.46. The van der Waals surface area contributed by atoms with Gasteiger partial charge in [0.2, 0.25) is 0 Å². The number of benzene rings is 2. The molecule has 0 bridgehead atoms. The van der Waals surface area contributed by atoms with Crippen molar-refractivity contribution in [1.29, 1.82) is 0 Å². The number of hydrogen-bond acceptors (Lipinski definition) is 3. The van der Waals surface area contributed by atoms with E-state index in [1.165, 1.54) is 19.2 Å². The second-order valence-electron chi connectivity index (χ2n) is 4.55. The van der Waals surface area contributed by atoms with Crippen molar-refractivity contribution in [2.75, 3.05) is 7.11 Å². The van der Waals surface area contributed by atoms with Gasteiger partial charge in [0, 0.05) is 16.1 Å². The maximum absolute atomic E-state index is 14.1. The second-order valence-corrected chi connectivity index (χ2v) is 5.46. The van der Waals surface area contributed by atoms with E-state index >= 15 is 0 Å². The van der Waals surface area contributed by atoms with E-state index < -0.39 is 11.9 Å². The first-order valence-electron chi connectivity index (χ1n) is 6.28. The number of ether oxygens (including phenoxy) is 1. The number of nitrogens with two attached hydrogens (primary N) is 1. The summed E-state index contributed by atoms with van der Waals surface area (Å²) in [4.78, 5) is 0. The first-order valence-corrected chi connectivity index (χ1v) is 7.08. The van der Waals surface area contributed by atoms with Gasteiger partial charge in [0.25, 0.3) is 0 Å². The lowest BCUT2D eigenvalue weighted by atomic mass is 9.98. The molecule has 0 spiro atoms. The molecule has 0 aromatic heterocycles. The van der Waals surface area contributed by atoms with Crippen LogP contribution in [0.3, 0.4) is 0 Å². The fourth-order valence-corrected chi connectivity index (χ4v) is 2.50. The van der Waals surface area contributed by atoms with Crippen LogP contribution in [0.2, 0.25) is 0 Å². The normalized spacial score (nSPS) is 12.2. The van der Waals surface area contributed by atoms with Gasteiger partial charge < -0.3 is 4.74 Å². The predicted octanol–water partition coefficient (Wildman–Crippen LogP) is 3.48. The SMILES string of the molecule is COc1ccc(C(Cc2cc(Br)ccc2F)NN)c(F)c1. The van der Waals surface area contributed by atoms with Crippen molar-refractivity contribution in [3.05, 3.63) is 63.6 Å². The van der Waals surface area contributed by atoms with Crippen LogP contribution in [0.25, 0.3) is 0 Å². The lowest BCUT2D eigenvalue weighted by molar-refractivity contribution is 0.409. The lowest BCUT2D eigenvalue weighted by Crippen LogP contribution is -2.30. The van der Waals surface area contributed by atoms with Gasteiger partial charge in [-0.25, -0.2) is 8.78 Å². The summed E-state index contributed by atoms with van der Waals surface area (Å²) in [6.45, 7) is 0. The smallest absolute Gasteiger partial charge is 0.131 e. The van der Waals surface area contributed by atoms with Crippen LogP contribution >= 0.6 is 15.9 Å². The summed E-state index contributed by atoms with van der Waals surface area (Å²) >= 11 is 3.29. The Kier molecular flexibility index (Phi) is 5.27. The van der Waals surface area contributed by atoms with Gasteiger partial charge in [0.05, 0.1) is 13.2 Å². The number of hydrazine groups is 1. The van der Waals surface area contributed by atoms with Crippen molar-refractivity contribution in [3.8, 4) is 5.75 Å². The maximum Gasteiger partial charge on any atom is 0.131 e. The highest BCUT2D eigenvalue weighted by atomic mass is 79.9. The minimum absolute atomic E-state index is 0.227. The molecule has 0 amide bonds. The van der Waals surface area contributed by atoms with Crippen molar-refractivity contribution >= 4 is 15.9 Å². The molecule has 3 nitrogen and oxygen atoms in total. The Hall–Kier alpha value is -1.50.